The summed E-state index contributed by atoms with van der Waals surface area (Å²) >= 11 is 0. The maximum absolute atomic E-state index is 6.11. The first-order valence-corrected chi connectivity index (χ1v) is 15.3. The standard InChI is InChI=1S/C24H26Si2/c1-5-21(2)26(23-17-11-7-12-18-23,24-19-13-8-14-20-24)25(3,4)22-15-9-6-10-16-22/h1,6-21H,2-4H3/t21-/m1/s1. The molecule has 0 spiro atoms. The molecule has 0 aliphatic carbocycles. The van der Waals surface area contributed by atoms with Crippen molar-refractivity contribution in [2.75, 3.05) is 0 Å². The van der Waals surface area contributed by atoms with Gasteiger partial charge in [-0.2, -0.15) is 0 Å². The third-order valence-electron chi connectivity index (χ3n) is 5.84. The average molecular weight is 371 g/mol. The second-order valence-electron chi connectivity index (χ2n) is 7.42. The summed E-state index contributed by atoms with van der Waals surface area (Å²) < 4.78 is 0. The van der Waals surface area contributed by atoms with E-state index in [0.29, 0.717) is 0 Å². The minimum atomic E-state index is -2.22. The fraction of sp³-hybridized carbons (Fsp3) is 0.167. The van der Waals surface area contributed by atoms with E-state index in [4.69, 9.17) is 6.42 Å². The number of hydrogen-bond donors (Lipinski definition) is 0. The molecular formula is C24H26Si2. The first kappa shape index (κ1) is 18.4. The normalized spacial score (nSPS) is 13.0. The van der Waals surface area contributed by atoms with Crippen LogP contribution >= 0.6 is 0 Å². The van der Waals surface area contributed by atoms with Crippen LogP contribution in [-0.4, -0.2) is 15.2 Å². The third kappa shape index (κ3) is 2.88. The number of benzene rings is 3. The summed E-state index contributed by atoms with van der Waals surface area (Å²) in [6, 6.07) is 33.2. The largest absolute Gasteiger partial charge is 0.129 e. The predicted molar refractivity (Wildman–Crippen MR) is 120 cm³/mol. The van der Waals surface area contributed by atoms with Crippen molar-refractivity contribution in [3.05, 3.63) is 91.0 Å². The van der Waals surface area contributed by atoms with Crippen LogP contribution < -0.4 is 15.6 Å². The Bertz CT molecular complexity index is 838. The zero-order valence-electron chi connectivity index (χ0n) is 15.8. The predicted octanol–water partition coefficient (Wildman–Crippen LogP) is 3.97. The van der Waals surface area contributed by atoms with E-state index >= 15 is 0 Å². The van der Waals surface area contributed by atoms with Crippen LogP contribution in [0, 0.1) is 12.3 Å². The van der Waals surface area contributed by atoms with Crippen molar-refractivity contribution < 1.29 is 0 Å². The molecule has 0 unspecified atom stereocenters. The van der Waals surface area contributed by atoms with Gasteiger partial charge in [-0.05, 0) is 0 Å². The molecule has 0 aromatic heterocycles. The number of terminal acetylenes is 1. The molecule has 0 saturated carbocycles. The van der Waals surface area contributed by atoms with E-state index in [1.165, 1.54) is 15.6 Å². The van der Waals surface area contributed by atoms with Gasteiger partial charge in [0.25, 0.3) is 0 Å². The highest BCUT2D eigenvalue weighted by Gasteiger charge is 2.55. The highest BCUT2D eigenvalue weighted by Crippen LogP contribution is 2.30. The summed E-state index contributed by atoms with van der Waals surface area (Å²) in [4.78, 5) is 0. The van der Waals surface area contributed by atoms with E-state index in [2.05, 4.69) is 117 Å². The Balaban J connectivity index is 2.41. The average Bonchev–Trinajstić information content (AvgIpc) is 2.70. The summed E-state index contributed by atoms with van der Waals surface area (Å²) in [7, 11) is -4.15. The molecule has 3 aromatic carbocycles. The molecule has 0 fully saturated rings. The van der Waals surface area contributed by atoms with Crippen LogP contribution in [0.25, 0.3) is 0 Å². The van der Waals surface area contributed by atoms with Crippen LogP contribution in [0.2, 0.25) is 18.6 Å². The molecule has 0 nitrogen and oxygen atoms in total. The second-order valence-corrected chi connectivity index (χ2v) is 21.0. The zero-order chi connectivity index (χ0) is 18.6. The lowest BCUT2D eigenvalue weighted by Crippen LogP contribution is -2.80. The fourth-order valence-electron chi connectivity index (χ4n) is 4.54. The van der Waals surface area contributed by atoms with Crippen molar-refractivity contribution in [1.82, 2.24) is 0 Å². The van der Waals surface area contributed by atoms with Crippen LogP contribution in [0.4, 0.5) is 0 Å². The van der Waals surface area contributed by atoms with E-state index in [9.17, 15) is 0 Å². The molecule has 0 N–H and O–H groups in total. The van der Waals surface area contributed by atoms with Crippen molar-refractivity contribution in [1.29, 1.82) is 0 Å². The topological polar surface area (TPSA) is 0 Å². The molecule has 3 aromatic rings. The summed E-state index contributed by atoms with van der Waals surface area (Å²) in [5.74, 6) is 3.18. The number of hydrogen-bond acceptors (Lipinski definition) is 0. The SMILES string of the molecule is C#C[C@@H](C)[Si](c1ccccc1)(c1ccccc1)[Si](C)(C)c1ccccc1. The van der Waals surface area contributed by atoms with Gasteiger partial charge in [-0.15, -0.1) is 12.3 Å². The van der Waals surface area contributed by atoms with Crippen LogP contribution in [0.5, 0.6) is 0 Å². The first-order valence-electron chi connectivity index (χ1n) is 9.18. The van der Waals surface area contributed by atoms with Crippen molar-refractivity contribution >= 4 is 30.7 Å². The van der Waals surface area contributed by atoms with Gasteiger partial charge in [0.2, 0.25) is 0 Å². The van der Waals surface area contributed by atoms with Gasteiger partial charge in [0.15, 0.2) is 0 Å². The minimum Gasteiger partial charge on any atom is -0.120 e. The monoisotopic (exact) mass is 370 g/mol. The molecular weight excluding hydrogens is 344 g/mol. The molecule has 0 bridgehead atoms. The van der Waals surface area contributed by atoms with Gasteiger partial charge in [-0.25, -0.2) is 0 Å². The van der Waals surface area contributed by atoms with Gasteiger partial charge in [0, 0.05) is 5.54 Å². The Morgan fingerprint density at radius 1 is 0.654 bits per heavy atom. The van der Waals surface area contributed by atoms with Crippen LogP contribution in [-0.2, 0) is 0 Å². The van der Waals surface area contributed by atoms with Gasteiger partial charge in [0.1, 0.15) is 7.59 Å². The van der Waals surface area contributed by atoms with E-state index in [1.807, 2.05) is 0 Å². The smallest absolute Gasteiger partial charge is 0.120 e. The molecule has 0 saturated heterocycles. The molecule has 130 valence electrons. The molecule has 2 heteroatoms. The lowest BCUT2D eigenvalue weighted by molar-refractivity contribution is 1.21. The number of rotatable bonds is 5. The summed E-state index contributed by atoms with van der Waals surface area (Å²) in [6.07, 6.45) is 6.11. The lowest BCUT2D eigenvalue weighted by atomic mass is 10.4. The highest BCUT2D eigenvalue weighted by atomic mass is 29.3. The maximum atomic E-state index is 6.11. The van der Waals surface area contributed by atoms with Gasteiger partial charge in [-0.1, -0.05) is 127 Å². The van der Waals surface area contributed by atoms with Gasteiger partial charge >= 0.3 is 0 Å². The van der Waals surface area contributed by atoms with Gasteiger partial charge in [0.05, 0.1) is 7.59 Å². The molecule has 26 heavy (non-hydrogen) atoms. The van der Waals surface area contributed by atoms with E-state index in [-0.39, 0.29) is 5.54 Å². The van der Waals surface area contributed by atoms with Crippen molar-refractivity contribution in [3.8, 4) is 12.3 Å². The Labute approximate surface area is 159 Å². The molecule has 0 aliphatic heterocycles. The van der Waals surface area contributed by atoms with Crippen LogP contribution in [0.15, 0.2) is 91.0 Å². The highest BCUT2D eigenvalue weighted by molar-refractivity contribution is 7.55. The van der Waals surface area contributed by atoms with Crippen molar-refractivity contribution in [2.24, 2.45) is 0 Å². The molecule has 0 amide bonds. The molecule has 0 aliphatic rings. The zero-order valence-corrected chi connectivity index (χ0v) is 17.8. The van der Waals surface area contributed by atoms with Crippen LogP contribution in [0.1, 0.15) is 6.92 Å². The third-order valence-corrected chi connectivity index (χ3v) is 23.4. The summed E-state index contributed by atoms with van der Waals surface area (Å²) in [5.41, 5.74) is 0.217. The molecule has 0 heterocycles. The van der Waals surface area contributed by atoms with E-state index in [0.717, 1.165) is 0 Å². The fourth-order valence-corrected chi connectivity index (χ4v) is 22.3. The molecule has 1 atom stereocenters. The Hall–Kier alpha value is -2.35. The van der Waals surface area contributed by atoms with Gasteiger partial charge < -0.3 is 0 Å². The van der Waals surface area contributed by atoms with E-state index < -0.39 is 15.2 Å². The van der Waals surface area contributed by atoms with Crippen molar-refractivity contribution in [2.45, 2.75) is 25.6 Å². The Morgan fingerprint density at radius 2 is 1.00 bits per heavy atom. The Kier molecular flexibility index (Phi) is 5.31. The second kappa shape index (κ2) is 7.49. The Morgan fingerprint density at radius 3 is 1.35 bits per heavy atom. The first-order chi connectivity index (χ1) is 12.5. The molecule has 3 rings (SSSR count). The summed E-state index contributed by atoms with van der Waals surface area (Å²) in [6.45, 7) is 7.30. The van der Waals surface area contributed by atoms with Crippen LogP contribution in [0.3, 0.4) is 0 Å². The van der Waals surface area contributed by atoms with Gasteiger partial charge in [-0.3, -0.25) is 0 Å². The molecule has 0 radical (unpaired) electrons. The minimum absolute atomic E-state index is 0.217. The lowest BCUT2D eigenvalue weighted by Gasteiger charge is -2.47. The van der Waals surface area contributed by atoms with E-state index in [1.54, 1.807) is 0 Å². The van der Waals surface area contributed by atoms with Crippen molar-refractivity contribution in [3.63, 3.8) is 0 Å². The maximum Gasteiger partial charge on any atom is 0.129 e. The quantitative estimate of drug-likeness (QED) is 0.471. The summed E-state index contributed by atoms with van der Waals surface area (Å²) in [5, 5.41) is 4.40.